The first kappa shape index (κ1) is 23.9. The predicted octanol–water partition coefficient (Wildman–Crippen LogP) is 2.56. The number of primary amides is 1. The van der Waals surface area contributed by atoms with Crippen LogP contribution in [0, 0.1) is 0 Å². The molecule has 0 radical (unpaired) electrons. The average Bonchev–Trinajstić information content (AvgIpc) is 3.60. The van der Waals surface area contributed by atoms with E-state index in [1.807, 2.05) is 47.8 Å². The summed E-state index contributed by atoms with van der Waals surface area (Å²) in [6.07, 6.45) is 1.80. The minimum Gasteiger partial charge on any atom is -0.395 e. The van der Waals surface area contributed by atoms with Gasteiger partial charge in [0.15, 0.2) is 5.69 Å². The van der Waals surface area contributed by atoms with Crippen molar-refractivity contribution in [2.75, 3.05) is 18.9 Å². The molecule has 3 aromatic rings. The highest BCUT2D eigenvalue weighted by Crippen LogP contribution is 2.32. The molecule has 0 bridgehead atoms. The number of hydrogen-bond donors (Lipinski definition) is 3. The van der Waals surface area contributed by atoms with Gasteiger partial charge in [-0.2, -0.15) is 4.37 Å². The van der Waals surface area contributed by atoms with Crippen LogP contribution >= 0.6 is 22.9 Å². The lowest BCUT2D eigenvalue weighted by Gasteiger charge is -2.30. The molecule has 0 saturated carbocycles. The second kappa shape index (κ2) is 10.8. The molecule has 34 heavy (non-hydrogen) atoms. The molecule has 2 unspecified atom stereocenters. The molecule has 0 spiro atoms. The van der Waals surface area contributed by atoms with E-state index in [2.05, 4.69) is 9.69 Å². The summed E-state index contributed by atoms with van der Waals surface area (Å²) in [7, 11) is 0. The number of amides is 3. The van der Waals surface area contributed by atoms with E-state index in [4.69, 9.17) is 16.2 Å². The van der Waals surface area contributed by atoms with Crippen molar-refractivity contribution in [1.29, 1.82) is 0 Å². The summed E-state index contributed by atoms with van der Waals surface area (Å²) < 4.78 is 9.59. The van der Waals surface area contributed by atoms with E-state index in [0.29, 0.717) is 18.0 Å². The first-order chi connectivity index (χ1) is 16.5. The minimum absolute atomic E-state index is 0.0403. The molecule has 1 aliphatic rings. The average molecular weight is 500 g/mol. The molecule has 1 fully saturated rings. The lowest BCUT2D eigenvalue weighted by atomic mass is 10.1. The third-order valence-corrected chi connectivity index (χ3v) is 7.29. The van der Waals surface area contributed by atoms with Crippen LogP contribution in [0.4, 0.5) is 5.69 Å². The van der Waals surface area contributed by atoms with Crippen molar-refractivity contribution in [1.82, 2.24) is 14.6 Å². The van der Waals surface area contributed by atoms with Crippen LogP contribution in [0.2, 0.25) is 0 Å². The highest BCUT2D eigenvalue weighted by Gasteiger charge is 2.35. The van der Waals surface area contributed by atoms with Gasteiger partial charge in [-0.1, -0.05) is 36.4 Å². The Morgan fingerprint density at radius 3 is 2.62 bits per heavy atom. The Morgan fingerprint density at radius 2 is 2.00 bits per heavy atom. The molecule has 1 saturated heterocycles. The Hall–Kier alpha value is -3.28. The number of nitrogens with zero attached hydrogens (tertiary/aromatic N) is 2. The van der Waals surface area contributed by atoms with Crippen molar-refractivity contribution in [3.05, 3.63) is 68.9 Å². The third kappa shape index (κ3) is 5.27. The lowest BCUT2D eigenvalue weighted by molar-refractivity contribution is -0.126. The molecule has 1 aromatic carbocycles. The van der Waals surface area contributed by atoms with E-state index in [9.17, 15) is 14.4 Å². The third-order valence-electron chi connectivity index (χ3n) is 5.51. The number of thiophene rings is 1. The Labute approximate surface area is 204 Å². The lowest BCUT2D eigenvalue weighted by Crippen LogP contribution is -2.44. The van der Waals surface area contributed by atoms with E-state index < -0.39 is 17.9 Å². The smallest absolute Gasteiger partial charge is 0.270 e. The largest absolute Gasteiger partial charge is 0.395 e. The zero-order valence-corrected chi connectivity index (χ0v) is 19.9. The van der Waals surface area contributed by atoms with E-state index in [0.717, 1.165) is 29.9 Å². The molecule has 5 N–H and O–H groups in total. The number of carbonyl (C=O) groups is 3. The van der Waals surface area contributed by atoms with E-state index in [1.54, 1.807) is 0 Å². The van der Waals surface area contributed by atoms with Gasteiger partial charge < -0.3 is 26.4 Å². The summed E-state index contributed by atoms with van der Waals surface area (Å²) in [6.45, 7) is 1.20. The van der Waals surface area contributed by atoms with E-state index in [-0.39, 0.29) is 34.8 Å². The van der Waals surface area contributed by atoms with Gasteiger partial charge in [0.2, 0.25) is 5.91 Å². The van der Waals surface area contributed by atoms with Crippen LogP contribution in [0.3, 0.4) is 0 Å². The number of anilines is 1. The predicted molar refractivity (Wildman–Crippen MR) is 130 cm³/mol. The van der Waals surface area contributed by atoms with Crippen molar-refractivity contribution >= 4 is 46.3 Å². The van der Waals surface area contributed by atoms with Crippen LogP contribution in [-0.2, 0) is 16.1 Å². The number of nitrogens with two attached hydrogens (primary N) is 2. The molecule has 3 amide bonds. The monoisotopic (exact) mass is 499 g/mol. The molecule has 0 aliphatic carbocycles. The maximum atomic E-state index is 13.8. The molecule has 178 valence electrons. The molecule has 11 heteroatoms. The molecule has 4 rings (SSSR count). The zero-order valence-electron chi connectivity index (χ0n) is 18.3. The van der Waals surface area contributed by atoms with Crippen molar-refractivity contribution in [3.63, 3.8) is 0 Å². The number of aromatic nitrogens is 1. The highest BCUT2D eigenvalue weighted by atomic mass is 32.1. The fourth-order valence-corrected chi connectivity index (χ4v) is 5.40. The van der Waals surface area contributed by atoms with Crippen LogP contribution in [0.5, 0.6) is 0 Å². The second-order valence-electron chi connectivity index (χ2n) is 7.86. The normalized spacial score (nSPS) is 16.2. The first-order valence-electron chi connectivity index (χ1n) is 10.8. The zero-order chi connectivity index (χ0) is 24.1. The maximum Gasteiger partial charge on any atom is 0.270 e. The van der Waals surface area contributed by atoms with Crippen molar-refractivity contribution in [3.8, 4) is 0 Å². The SMILES string of the molecule is NC(=O)c1nsc(C(=O)N(Cc2ccccc2)C(C(=O)NCC2CCCO2)c2cccs2)c1N. The first-order valence-corrected chi connectivity index (χ1v) is 12.4. The number of hydrogen-bond acceptors (Lipinski definition) is 8. The van der Waals surface area contributed by atoms with Crippen LogP contribution in [0.15, 0.2) is 47.8 Å². The van der Waals surface area contributed by atoms with Gasteiger partial charge in [0.05, 0.1) is 11.8 Å². The van der Waals surface area contributed by atoms with Crippen LogP contribution in [0.1, 0.15) is 49.5 Å². The van der Waals surface area contributed by atoms with Crippen LogP contribution in [0.25, 0.3) is 0 Å². The van der Waals surface area contributed by atoms with Gasteiger partial charge >= 0.3 is 0 Å². The summed E-state index contributed by atoms with van der Waals surface area (Å²) >= 11 is 2.18. The van der Waals surface area contributed by atoms with Gasteiger partial charge in [0.1, 0.15) is 10.9 Å². The summed E-state index contributed by atoms with van der Waals surface area (Å²) in [5.74, 6) is -1.64. The maximum absolute atomic E-state index is 13.8. The number of ether oxygens (including phenoxy) is 1. The quantitative estimate of drug-likeness (QED) is 0.413. The van der Waals surface area contributed by atoms with Gasteiger partial charge in [-0.3, -0.25) is 14.4 Å². The molecule has 1 aliphatic heterocycles. The Bertz CT molecular complexity index is 1140. The molecule has 2 aromatic heterocycles. The standard InChI is InChI=1S/C23H25N5O4S2/c24-17-18(21(25)29)27-34-20(17)23(31)28(13-14-6-2-1-3-7-14)19(16-9-5-11-33-16)22(30)26-12-15-8-4-10-32-15/h1-3,5-7,9,11,15,19H,4,8,10,12-13,24H2,(H2,25,29)(H,26,30). The fourth-order valence-electron chi connectivity index (χ4n) is 3.81. The molecule has 9 nitrogen and oxygen atoms in total. The molecular formula is C23H25N5O4S2. The number of nitrogen functional groups attached to an aromatic ring is 1. The van der Waals surface area contributed by atoms with Gasteiger partial charge in [0.25, 0.3) is 11.8 Å². The van der Waals surface area contributed by atoms with Crippen molar-refractivity contribution in [2.24, 2.45) is 5.73 Å². The summed E-state index contributed by atoms with van der Waals surface area (Å²) in [6, 6.07) is 12.1. The van der Waals surface area contributed by atoms with Gasteiger partial charge in [-0.15, -0.1) is 11.3 Å². The van der Waals surface area contributed by atoms with E-state index >= 15 is 0 Å². The summed E-state index contributed by atoms with van der Waals surface area (Å²) in [5, 5.41) is 4.81. The van der Waals surface area contributed by atoms with Crippen molar-refractivity contribution in [2.45, 2.75) is 31.5 Å². The summed E-state index contributed by atoms with van der Waals surface area (Å²) in [4.78, 5) is 41.1. The Morgan fingerprint density at radius 1 is 1.21 bits per heavy atom. The fraction of sp³-hybridized carbons (Fsp3) is 0.304. The van der Waals surface area contributed by atoms with Gasteiger partial charge in [-0.05, 0) is 41.4 Å². The van der Waals surface area contributed by atoms with E-state index in [1.165, 1.54) is 16.2 Å². The molecular weight excluding hydrogens is 474 g/mol. The number of rotatable bonds is 9. The topological polar surface area (TPSA) is 141 Å². The molecule has 2 atom stereocenters. The van der Waals surface area contributed by atoms with Gasteiger partial charge in [-0.25, -0.2) is 0 Å². The molecule has 3 heterocycles. The highest BCUT2D eigenvalue weighted by molar-refractivity contribution is 7.10. The van der Waals surface area contributed by atoms with Crippen LogP contribution in [-0.4, -0.2) is 46.3 Å². The van der Waals surface area contributed by atoms with Crippen LogP contribution < -0.4 is 16.8 Å². The number of benzene rings is 1. The number of nitrogens with one attached hydrogen (secondary N) is 1. The number of carbonyl (C=O) groups excluding carboxylic acids is 3. The van der Waals surface area contributed by atoms with Gasteiger partial charge in [0, 0.05) is 24.6 Å². The summed E-state index contributed by atoms with van der Waals surface area (Å²) in [5.41, 5.74) is 12.0. The minimum atomic E-state index is -0.910. The Balaban J connectivity index is 1.69. The van der Waals surface area contributed by atoms with Crippen molar-refractivity contribution < 1.29 is 19.1 Å². The second-order valence-corrected chi connectivity index (χ2v) is 9.61. The Kier molecular flexibility index (Phi) is 7.56.